The van der Waals surface area contributed by atoms with Gasteiger partial charge >= 0.3 is 0 Å². The molecule has 25 heavy (non-hydrogen) atoms. The Morgan fingerprint density at radius 2 is 1.88 bits per heavy atom. The highest BCUT2D eigenvalue weighted by Gasteiger charge is 2.21. The van der Waals surface area contributed by atoms with Crippen LogP contribution in [0.2, 0.25) is 0 Å². The fraction of sp³-hybridized carbons (Fsp3) is 0.100. The van der Waals surface area contributed by atoms with Gasteiger partial charge in [0.15, 0.2) is 5.17 Å². The summed E-state index contributed by atoms with van der Waals surface area (Å²) in [5.41, 5.74) is 3.34. The number of hydrogen-bond acceptors (Lipinski definition) is 3. The van der Waals surface area contributed by atoms with Crippen LogP contribution in [-0.4, -0.2) is 11.1 Å². The molecular formula is C20H17ClN2OS. The van der Waals surface area contributed by atoms with Gasteiger partial charge in [0.05, 0.1) is 4.91 Å². The topological polar surface area (TPSA) is 41.5 Å². The second-order valence-corrected chi connectivity index (χ2v) is 7.08. The molecule has 0 spiro atoms. The van der Waals surface area contributed by atoms with E-state index in [1.54, 1.807) is 6.08 Å². The highest BCUT2D eigenvalue weighted by atomic mass is 35.5. The smallest absolute Gasteiger partial charge is 0.286 e. The number of hydrogen-bond donors (Lipinski definition) is 1. The molecule has 1 amide bonds. The van der Waals surface area contributed by atoms with Crippen LogP contribution >= 0.6 is 23.4 Å². The van der Waals surface area contributed by atoms with E-state index < -0.39 is 0 Å². The van der Waals surface area contributed by atoms with Crippen molar-refractivity contribution in [1.29, 1.82) is 0 Å². The molecule has 0 saturated carbocycles. The van der Waals surface area contributed by atoms with Crippen LogP contribution in [-0.2, 0) is 11.3 Å². The van der Waals surface area contributed by atoms with Gasteiger partial charge in [-0.15, -0.1) is 0 Å². The molecule has 3 nitrogen and oxygen atoms in total. The maximum Gasteiger partial charge on any atom is 0.286 e. The minimum atomic E-state index is -0.268. The van der Waals surface area contributed by atoms with Gasteiger partial charge in [-0.2, -0.15) is 4.99 Å². The van der Waals surface area contributed by atoms with Crippen LogP contribution in [0.1, 0.15) is 16.7 Å². The Labute approximate surface area is 156 Å². The molecule has 0 radical (unpaired) electrons. The zero-order valence-corrected chi connectivity index (χ0v) is 15.3. The predicted molar refractivity (Wildman–Crippen MR) is 106 cm³/mol. The number of aliphatic imine (C=N–C) groups is 1. The zero-order chi connectivity index (χ0) is 17.6. The summed E-state index contributed by atoms with van der Waals surface area (Å²) >= 11 is 7.55. The van der Waals surface area contributed by atoms with E-state index in [-0.39, 0.29) is 5.91 Å². The van der Waals surface area contributed by atoms with Crippen molar-refractivity contribution in [3.8, 4) is 0 Å². The maximum absolute atomic E-state index is 12.0. The minimum Gasteiger partial charge on any atom is -0.360 e. The van der Waals surface area contributed by atoms with Crippen molar-refractivity contribution >= 4 is 40.5 Å². The molecular weight excluding hydrogens is 352 g/mol. The fourth-order valence-corrected chi connectivity index (χ4v) is 3.34. The molecule has 1 N–H and O–H groups in total. The predicted octanol–water partition coefficient (Wildman–Crippen LogP) is 4.88. The number of nitrogens with one attached hydrogen (secondary N) is 1. The standard InChI is InChI=1S/C20H17ClN2OS/c1-14-7-9-16(10-8-14)13-22-20-23-19(24)18(25-20)12-17(21)11-15-5-3-2-4-6-15/h2-12H,13H2,1H3,(H,22,23,24). The van der Waals surface area contributed by atoms with Gasteiger partial charge in [-0.25, -0.2) is 0 Å². The number of benzene rings is 2. The van der Waals surface area contributed by atoms with E-state index in [0.29, 0.717) is 21.6 Å². The van der Waals surface area contributed by atoms with Gasteiger partial charge in [-0.05, 0) is 42.0 Å². The average molecular weight is 369 g/mol. The number of amidine groups is 1. The first-order valence-corrected chi connectivity index (χ1v) is 9.04. The third kappa shape index (κ3) is 5.08. The van der Waals surface area contributed by atoms with Gasteiger partial charge in [0, 0.05) is 11.6 Å². The first-order chi connectivity index (χ1) is 12.1. The Bertz CT molecular complexity index is 855. The molecule has 0 atom stereocenters. The number of aryl methyl sites for hydroxylation is 1. The third-order valence-corrected chi connectivity index (χ3v) is 4.72. The molecule has 0 unspecified atom stereocenters. The fourth-order valence-electron chi connectivity index (χ4n) is 2.24. The van der Waals surface area contributed by atoms with Crippen molar-refractivity contribution in [3.05, 3.63) is 87.3 Å². The minimum absolute atomic E-state index is 0.268. The Morgan fingerprint density at radius 3 is 2.60 bits per heavy atom. The summed E-state index contributed by atoms with van der Waals surface area (Å²) in [4.78, 5) is 16.6. The first kappa shape index (κ1) is 17.5. The van der Waals surface area contributed by atoms with Crippen LogP contribution < -0.4 is 5.32 Å². The van der Waals surface area contributed by atoms with Gasteiger partial charge < -0.3 is 5.32 Å². The Hall–Kier alpha value is -2.30. The van der Waals surface area contributed by atoms with E-state index in [1.807, 2.05) is 36.4 Å². The Balaban J connectivity index is 1.62. The number of nitrogens with zero attached hydrogens (tertiary/aromatic N) is 1. The van der Waals surface area contributed by atoms with E-state index in [1.165, 1.54) is 17.3 Å². The van der Waals surface area contributed by atoms with Crippen LogP contribution in [0.4, 0.5) is 0 Å². The van der Waals surface area contributed by atoms with Crippen LogP contribution in [0.3, 0.4) is 0 Å². The summed E-state index contributed by atoms with van der Waals surface area (Å²) in [5.74, 6) is -0.268. The van der Waals surface area contributed by atoms with Crippen molar-refractivity contribution in [2.24, 2.45) is 4.99 Å². The Kier molecular flexibility index (Phi) is 5.74. The largest absolute Gasteiger partial charge is 0.360 e. The highest BCUT2D eigenvalue weighted by molar-refractivity contribution is 8.18. The SMILES string of the molecule is Cc1ccc(CNC2=NC(=O)C(=CC(Cl)=Cc3ccccc3)S2)cc1. The molecule has 1 aliphatic rings. The lowest BCUT2D eigenvalue weighted by Gasteiger charge is -2.05. The summed E-state index contributed by atoms with van der Waals surface area (Å²) in [5, 5.41) is 4.28. The molecule has 0 saturated heterocycles. The molecule has 3 rings (SSSR count). The summed E-state index contributed by atoms with van der Waals surface area (Å²) in [6.45, 7) is 2.68. The monoisotopic (exact) mass is 368 g/mol. The average Bonchev–Trinajstić information content (AvgIpc) is 2.95. The molecule has 1 aliphatic heterocycles. The highest BCUT2D eigenvalue weighted by Crippen LogP contribution is 2.28. The van der Waals surface area contributed by atoms with Crippen LogP contribution in [0, 0.1) is 6.92 Å². The summed E-state index contributed by atoms with van der Waals surface area (Å²) < 4.78 is 0. The van der Waals surface area contributed by atoms with E-state index in [2.05, 4.69) is 41.5 Å². The van der Waals surface area contributed by atoms with E-state index in [4.69, 9.17) is 11.6 Å². The van der Waals surface area contributed by atoms with Gasteiger partial charge in [-0.3, -0.25) is 4.79 Å². The van der Waals surface area contributed by atoms with Crippen molar-refractivity contribution < 1.29 is 4.79 Å². The van der Waals surface area contributed by atoms with Crippen molar-refractivity contribution in [2.45, 2.75) is 13.5 Å². The van der Waals surface area contributed by atoms with Crippen molar-refractivity contribution in [1.82, 2.24) is 5.32 Å². The lowest BCUT2D eigenvalue weighted by molar-refractivity contribution is -0.113. The summed E-state index contributed by atoms with van der Waals surface area (Å²) in [7, 11) is 0. The molecule has 0 aliphatic carbocycles. The van der Waals surface area contributed by atoms with Gasteiger partial charge in [-0.1, -0.05) is 71.8 Å². The molecule has 2 aromatic carbocycles. The molecule has 0 bridgehead atoms. The third-order valence-electron chi connectivity index (χ3n) is 3.56. The molecule has 2 aromatic rings. The number of carbonyl (C=O) groups is 1. The number of amides is 1. The number of rotatable bonds is 4. The summed E-state index contributed by atoms with van der Waals surface area (Å²) in [6, 6.07) is 18.0. The Morgan fingerprint density at radius 1 is 1.16 bits per heavy atom. The van der Waals surface area contributed by atoms with Crippen molar-refractivity contribution in [2.75, 3.05) is 0 Å². The van der Waals surface area contributed by atoms with Crippen LogP contribution in [0.25, 0.3) is 6.08 Å². The zero-order valence-electron chi connectivity index (χ0n) is 13.7. The van der Waals surface area contributed by atoms with Crippen LogP contribution in [0.5, 0.6) is 0 Å². The number of halogens is 1. The molecule has 0 aromatic heterocycles. The normalized spacial score (nSPS) is 16.2. The quantitative estimate of drug-likeness (QED) is 0.782. The van der Waals surface area contributed by atoms with Crippen LogP contribution in [0.15, 0.2) is 75.6 Å². The molecule has 0 fully saturated rings. The molecule has 5 heteroatoms. The second-order valence-electron chi connectivity index (χ2n) is 5.61. The summed E-state index contributed by atoms with van der Waals surface area (Å²) in [6.07, 6.45) is 3.48. The molecule has 1 heterocycles. The lowest BCUT2D eigenvalue weighted by Crippen LogP contribution is -2.18. The van der Waals surface area contributed by atoms with E-state index in [9.17, 15) is 4.79 Å². The lowest BCUT2D eigenvalue weighted by atomic mass is 10.1. The van der Waals surface area contributed by atoms with E-state index >= 15 is 0 Å². The molecule has 126 valence electrons. The van der Waals surface area contributed by atoms with Crippen molar-refractivity contribution in [3.63, 3.8) is 0 Å². The van der Waals surface area contributed by atoms with Gasteiger partial charge in [0.2, 0.25) is 0 Å². The second kappa shape index (κ2) is 8.19. The van der Waals surface area contributed by atoms with Gasteiger partial charge in [0.25, 0.3) is 5.91 Å². The van der Waals surface area contributed by atoms with Gasteiger partial charge in [0.1, 0.15) is 0 Å². The number of allylic oxidation sites excluding steroid dienone is 2. The number of carbonyl (C=O) groups excluding carboxylic acids is 1. The number of thioether (sulfide) groups is 1. The maximum atomic E-state index is 12.0. The van der Waals surface area contributed by atoms with E-state index in [0.717, 1.165) is 11.1 Å². The first-order valence-electron chi connectivity index (χ1n) is 7.84.